The van der Waals surface area contributed by atoms with Gasteiger partial charge < -0.3 is 13.7 Å². The number of nitrogens with zero attached hydrogens (tertiary/aromatic N) is 2. The molecule has 1 aliphatic heterocycles. The minimum Gasteiger partial charge on any atom is -0.459 e. The molecule has 8 heteroatoms. The highest BCUT2D eigenvalue weighted by molar-refractivity contribution is 7.71. The predicted octanol–water partition coefficient (Wildman–Crippen LogP) is 3.78. The highest BCUT2D eigenvalue weighted by Gasteiger charge is 2.34. The summed E-state index contributed by atoms with van der Waals surface area (Å²) in [5.74, 6) is 1.03. The minimum atomic E-state index is 0.315. The molecule has 4 aromatic rings. The van der Waals surface area contributed by atoms with Crippen LogP contribution in [-0.4, -0.2) is 16.3 Å². The van der Waals surface area contributed by atoms with Gasteiger partial charge in [-0.1, -0.05) is 6.07 Å². The summed E-state index contributed by atoms with van der Waals surface area (Å²) < 4.78 is 12.8. The Morgan fingerprint density at radius 2 is 2.19 bits per heavy atom. The Bertz CT molecular complexity index is 1060. The van der Waals surface area contributed by atoms with Crippen LogP contribution in [0.4, 0.5) is 0 Å². The van der Waals surface area contributed by atoms with Gasteiger partial charge in [-0.3, -0.25) is 0 Å². The van der Waals surface area contributed by atoms with Crippen molar-refractivity contribution < 1.29 is 13.7 Å². The van der Waals surface area contributed by atoms with Gasteiger partial charge in [-0.05, 0) is 47.2 Å². The van der Waals surface area contributed by atoms with Crippen LogP contribution in [0.3, 0.4) is 0 Å². The van der Waals surface area contributed by atoms with Crippen LogP contribution >= 0.6 is 34.9 Å². The van der Waals surface area contributed by atoms with E-state index in [0.29, 0.717) is 29.2 Å². The van der Waals surface area contributed by atoms with E-state index in [1.165, 1.54) is 20.2 Å². The van der Waals surface area contributed by atoms with E-state index in [4.69, 9.17) is 21.1 Å². The predicted molar refractivity (Wildman–Crippen MR) is 103 cm³/mol. The first-order valence-electron chi connectivity index (χ1n) is 8.35. The number of hydrogen-bond acceptors (Lipinski definition) is 6. The molecule has 0 bridgehead atoms. The molecule has 5 nitrogen and oxygen atoms in total. The summed E-state index contributed by atoms with van der Waals surface area (Å²) in [5.41, 5.74) is 1.43. The van der Waals surface area contributed by atoms with Crippen LogP contribution in [0, 0.1) is 4.84 Å². The molecule has 2 atom stereocenters. The van der Waals surface area contributed by atoms with Gasteiger partial charge in [-0.2, -0.15) is 4.68 Å². The fourth-order valence-corrected chi connectivity index (χ4v) is 5.53. The molecule has 0 radical (unpaired) electrons. The Morgan fingerprint density at radius 1 is 1.23 bits per heavy atom. The lowest BCUT2D eigenvalue weighted by Gasteiger charge is -2.31. The molecule has 0 amide bonds. The molecule has 0 fully saturated rings. The first-order chi connectivity index (χ1) is 12.8. The number of rotatable bonds is 4. The van der Waals surface area contributed by atoms with E-state index in [9.17, 15) is 0 Å². The van der Waals surface area contributed by atoms with Gasteiger partial charge in [0.2, 0.25) is 0 Å². The van der Waals surface area contributed by atoms with Crippen LogP contribution in [0.2, 0.25) is 0 Å². The number of thiophene rings is 2. The molecule has 1 unspecified atom stereocenters. The van der Waals surface area contributed by atoms with Gasteiger partial charge in [-0.15, -0.1) is 27.8 Å². The number of furan rings is 1. The molecule has 26 heavy (non-hydrogen) atoms. The number of aromatic nitrogens is 2. The Balaban J connectivity index is 1.49. The van der Waals surface area contributed by atoms with E-state index in [2.05, 4.69) is 34.1 Å². The lowest BCUT2D eigenvalue weighted by atomic mass is 9.99. The van der Waals surface area contributed by atoms with Crippen LogP contribution in [-0.2, 0) is 13.1 Å². The largest absolute Gasteiger partial charge is 0.459 e. The van der Waals surface area contributed by atoms with E-state index >= 15 is 0 Å². The van der Waals surface area contributed by atoms with E-state index < -0.39 is 0 Å². The van der Waals surface area contributed by atoms with Gasteiger partial charge in [0.15, 0.2) is 18.5 Å². The summed E-state index contributed by atoms with van der Waals surface area (Å²) in [7, 11) is 0. The second-order valence-electron chi connectivity index (χ2n) is 6.21. The summed E-state index contributed by atoms with van der Waals surface area (Å²) in [6.45, 7) is 1.71. The molecule has 1 N–H and O–H groups in total. The third-order valence-electron chi connectivity index (χ3n) is 4.69. The van der Waals surface area contributed by atoms with Crippen LogP contribution in [0.25, 0.3) is 11.7 Å². The van der Waals surface area contributed by atoms with E-state index in [1.54, 1.807) is 10.9 Å². The molecular weight excluding hydrogens is 386 g/mol. The van der Waals surface area contributed by atoms with Crippen LogP contribution < -0.4 is 4.90 Å². The van der Waals surface area contributed by atoms with Crippen molar-refractivity contribution in [1.82, 2.24) is 9.78 Å². The number of hydrogen-bond donors (Lipinski definition) is 1. The SMILES string of the molecule is S=c1oc(-c2ccco2)nn1C[NH+]1CCc2sccc2[C@@H]1c1cccs1. The lowest BCUT2D eigenvalue weighted by Crippen LogP contribution is -3.12. The topological polar surface area (TPSA) is 48.5 Å². The highest BCUT2D eigenvalue weighted by Crippen LogP contribution is 2.31. The molecule has 0 spiro atoms. The van der Waals surface area contributed by atoms with Gasteiger partial charge in [0.1, 0.15) is 0 Å². The number of fused-ring (bicyclic) bond motifs is 1. The molecule has 0 aliphatic carbocycles. The maximum absolute atomic E-state index is 5.65. The molecule has 5 heterocycles. The van der Waals surface area contributed by atoms with Gasteiger partial charge in [0.05, 0.1) is 17.7 Å². The average molecular weight is 403 g/mol. The van der Waals surface area contributed by atoms with Crippen LogP contribution in [0.15, 0.2) is 56.2 Å². The summed E-state index contributed by atoms with van der Waals surface area (Å²) >= 11 is 9.06. The first kappa shape index (κ1) is 16.2. The zero-order valence-corrected chi connectivity index (χ0v) is 16.2. The van der Waals surface area contributed by atoms with Crippen LogP contribution in [0.5, 0.6) is 0 Å². The standard InChI is InChI=1S/C18H15N3O2S3/c24-18-21(19-17(23-18)13-3-1-8-22-13)11-20-7-5-14-12(6-10-26-14)16(20)15-4-2-9-25-15/h1-4,6,8-10,16H,5,7,11H2/p+1/t16-/m1/s1. The zero-order valence-electron chi connectivity index (χ0n) is 13.8. The fraction of sp³-hybridized carbons (Fsp3) is 0.222. The van der Waals surface area contributed by atoms with Crippen molar-refractivity contribution in [2.24, 2.45) is 0 Å². The van der Waals surface area contributed by atoms with Gasteiger partial charge in [-0.25, -0.2) is 0 Å². The molecule has 0 saturated carbocycles. The highest BCUT2D eigenvalue weighted by atomic mass is 32.1. The third kappa shape index (κ3) is 2.79. The molecule has 1 aliphatic rings. The molecule has 0 aromatic carbocycles. The van der Waals surface area contributed by atoms with Crippen molar-refractivity contribution in [3.8, 4) is 11.7 Å². The Kier molecular flexibility index (Phi) is 4.12. The first-order valence-corrected chi connectivity index (χ1v) is 10.5. The summed E-state index contributed by atoms with van der Waals surface area (Å²) in [5, 5.41) is 8.89. The average Bonchev–Trinajstić information content (AvgIpc) is 3.43. The quantitative estimate of drug-likeness (QED) is 0.528. The van der Waals surface area contributed by atoms with E-state index in [1.807, 2.05) is 34.8 Å². The van der Waals surface area contributed by atoms with Crippen molar-refractivity contribution in [1.29, 1.82) is 0 Å². The Morgan fingerprint density at radius 3 is 3.00 bits per heavy atom. The lowest BCUT2D eigenvalue weighted by molar-refractivity contribution is -0.950. The van der Waals surface area contributed by atoms with Crippen molar-refractivity contribution in [3.05, 3.63) is 67.5 Å². The summed E-state index contributed by atoms with van der Waals surface area (Å²) in [6, 6.07) is 10.6. The summed E-state index contributed by atoms with van der Waals surface area (Å²) in [6.07, 6.45) is 2.69. The van der Waals surface area contributed by atoms with Gasteiger partial charge in [0, 0.05) is 16.9 Å². The Hall–Kier alpha value is -2.00. The van der Waals surface area contributed by atoms with Gasteiger partial charge in [0.25, 0.3) is 10.7 Å². The summed E-state index contributed by atoms with van der Waals surface area (Å²) in [4.78, 5) is 4.67. The normalized spacial score (nSPS) is 19.5. The zero-order chi connectivity index (χ0) is 17.5. The Labute approximate surface area is 163 Å². The molecule has 4 aromatic heterocycles. The minimum absolute atomic E-state index is 0.315. The second-order valence-corrected chi connectivity index (χ2v) is 8.54. The van der Waals surface area contributed by atoms with E-state index in [0.717, 1.165) is 13.0 Å². The molecule has 132 valence electrons. The van der Waals surface area contributed by atoms with Crippen molar-refractivity contribution in [2.45, 2.75) is 19.1 Å². The maximum atomic E-state index is 5.65. The number of quaternary nitrogens is 1. The van der Waals surface area contributed by atoms with Crippen LogP contribution in [0.1, 0.15) is 21.4 Å². The monoisotopic (exact) mass is 402 g/mol. The van der Waals surface area contributed by atoms with Crippen molar-refractivity contribution >= 4 is 34.9 Å². The van der Waals surface area contributed by atoms with Crippen molar-refractivity contribution in [2.75, 3.05) is 6.54 Å². The second kappa shape index (κ2) is 6.62. The molecule has 0 saturated heterocycles. The van der Waals surface area contributed by atoms with Gasteiger partial charge >= 0.3 is 0 Å². The van der Waals surface area contributed by atoms with Crippen molar-refractivity contribution in [3.63, 3.8) is 0 Å². The third-order valence-corrected chi connectivity index (χ3v) is 6.92. The molecular formula is C18H16N3O2S3+. The number of nitrogens with one attached hydrogen (secondary N) is 1. The maximum Gasteiger partial charge on any atom is 0.292 e. The van der Waals surface area contributed by atoms with E-state index in [-0.39, 0.29) is 0 Å². The smallest absolute Gasteiger partial charge is 0.292 e. The molecule has 5 rings (SSSR count). The fourth-order valence-electron chi connectivity index (χ4n) is 3.53.